The van der Waals surface area contributed by atoms with Crippen molar-refractivity contribution in [1.82, 2.24) is 0 Å². The van der Waals surface area contributed by atoms with Crippen LogP contribution in [0.2, 0.25) is 5.02 Å². The smallest absolute Gasteiger partial charge is 0.0551 e. The number of benzene rings is 1. The standard InChI is InChI=1S/C16H24ClNO/c1-15(2)8-14(19)9-16(3,10-15)11-18-13-6-4-5-12(17)7-13/h4-7,14,18-19H,8-11H2,1-3H3/t14-,16-/m0/s1. The number of aliphatic hydroxyl groups excluding tert-OH is 1. The first kappa shape index (κ1) is 14.7. The van der Waals surface area contributed by atoms with Gasteiger partial charge in [-0.2, -0.15) is 0 Å². The van der Waals surface area contributed by atoms with Crippen LogP contribution in [-0.2, 0) is 0 Å². The second-order valence-corrected chi connectivity index (χ2v) is 7.51. The van der Waals surface area contributed by atoms with Gasteiger partial charge in [-0.15, -0.1) is 0 Å². The molecule has 1 aliphatic rings. The van der Waals surface area contributed by atoms with Crippen molar-refractivity contribution in [2.45, 2.75) is 46.1 Å². The predicted octanol–water partition coefficient (Wildman–Crippen LogP) is 4.33. The first-order chi connectivity index (χ1) is 8.78. The summed E-state index contributed by atoms with van der Waals surface area (Å²) in [6, 6.07) is 7.80. The van der Waals surface area contributed by atoms with Gasteiger partial charge in [0.15, 0.2) is 0 Å². The molecule has 0 saturated heterocycles. The SMILES string of the molecule is CC1(C)C[C@H](O)C[C@](C)(CNc2cccc(Cl)c2)C1. The second-order valence-electron chi connectivity index (χ2n) is 7.08. The van der Waals surface area contributed by atoms with Crippen LogP contribution in [0.5, 0.6) is 0 Å². The van der Waals surface area contributed by atoms with Crippen molar-refractivity contribution in [3.05, 3.63) is 29.3 Å². The van der Waals surface area contributed by atoms with Crippen LogP contribution >= 0.6 is 11.6 Å². The summed E-state index contributed by atoms with van der Waals surface area (Å²) in [5.74, 6) is 0. The molecule has 2 nitrogen and oxygen atoms in total. The third kappa shape index (κ3) is 4.12. The lowest BCUT2D eigenvalue weighted by atomic mass is 9.63. The highest BCUT2D eigenvalue weighted by Gasteiger charge is 2.40. The molecule has 1 aromatic rings. The maximum atomic E-state index is 10.1. The van der Waals surface area contributed by atoms with Crippen molar-refractivity contribution in [3.63, 3.8) is 0 Å². The van der Waals surface area contributed by atoms with Crippen molar-refractivity contribution in [1.29, 1.82) is 0 Å². The van der Waals surface area contributed by atoms with Crippen LogP contribution < -0.4 is 5.32 Å². The monoisotopic (exact) mass is 281 g/mol. The molecule has 1 aliphatic carbocycles. The summed E-state index contributed by atoms with van der Waals surface area (Å²) < 4.78 is 0. The lowest BCUT2D eigenvalue weighted by molar-refractivity contribution is -0.00317. The molecule has 0 bridgehead atoms. The van der Waals surface area contributed by atoms with Crippen LogP contribution in [0.1, 0.15) is 40.0 Å². The van der Waals surface area contributed by atoms with Gasteiger partial charge < -0.3 is 10.4 Å². The first-order valence-corrected chi connectivity index (χ1v) is 7.33. The zero-order valence-electron chi connectivity index (χ0n) is 12.0. The number of hydrogen-bond acceptors (Lipinski definition) is 2. The van der Waals surface area contributed by atoms with Gasteiger partial charge in [-0.3, -0.25) is 0 Å². The Morgan fingerprint density at radius 2 is 2.05 bits per heavy atom. The topological polar surface area (TPSA) is 32.3 Å². The third-order valence-corrected chi connectivity index (χ3v) is 4.20. The summed E-state index contributed by atoms with van der Waals surface area (Å²) in [5, 5.41) is 14.3. The van der Waals surface area contributed by atoms with Crippen molar-refractivity contribution < 1.29 is 5.11 Å². The Hall–Kier alpha value is -0.730. The Balaban J connectivity index is 2.01. The molecule has 106 valence electrons. The summed E-state index contributed by atoms with van der Waals surface area (Å²) >= 11 is 5.99. The van der Waals surface area contributed by atoms with Crippen LogP contribution in [0.15, 0.2) is 24.3 Å². The van der Waals surface area contributed by atoms with Crippen LogP contribution in [0.4, 0.5) is 5.69 Å². The van der Waals surface area contributed by atoms with Gasteiger partial charge in [0, 0.05) is 17.3 Å². The second kappa shape index (κ2) is 5.34. The van der Waals surface area contributed by atoms with Crippen molar-refractivity contribution in [2.24, 2.45) is 10.8 Å². The molecular weight excluding hydrogens is 258 g/mol. The molecule has 2 N–H and O–H groups in total. The minimum Gasteiger partial charge on any atom is -0.393 e. The van der Waals surface area contributed by atoms with E-state index in [1.165, 1.54) is 0 Å². The van der Waals surface area contributed by atoms with Crippen molar-refractivity contribution in [2.75, 3.05) is 11.9 Å². The van der Waals surface area contributed by atoms with E-state index in [0.717, 1.165) is 36.5 Å². The molecule has 0 amide bonds. The molecule has 19 heavy (non-hydrogen) atoms. The van der Waals surface area contributed by atoms with Gasteiger partial charge in [0.1, 0.15) is 0 Å². The molecule has 0 aliphatic heterocycles. The van der Waals surface area contributed by atoms with E-state index in [9.17, 15) is 5.11 Å². The maximum Gasteiger partial charge on any atom is 0.0551 e. The quantitative estimate of drug-likeness (QED) is 0.864. The molecule has 2 rings (SSSR count). The van der Waals surface area contributed by atoms with Crippen molar-refractivity contribution >= 4 is 17.3 Å². The molecule has 0 spiro atoms. The van der Waals surface area contributed by atoms with Crippen molar-refractivity contribution in [3.8, 4) is 0 Å². The zero-order chi connectivity index (χ0) is 14.1. The fourth-order valence-electron chi connectivity index (χ4n) is 3.63. The summed E-state index contributed by atoms with van der Waals surface area (Å²) in [7, 11) is 0. The van der Waals surface area contributed by atoms with E-state index in [-0.39, 0.29) is 16.9 Å². The van der Waals surface area contributed by atoms with E-state index < -0.39 is 0 Å². The number of hydrogen-bond donors (Lipinski definition) is 2. The van der Waals surface area contributed by atoms with Crippen LogP contribution in [0.25, 0.3) is 0 Å². The third-order valence-electron chi connectivity index (χ3n) is 3.97. The van der Waals surface area contributed by atoms with Gasteiger partial charge in [-0.25, -0.2) is 0 Å². The van der Waals surface area contributed by atoms with Crippen LogP contribution in [0, 0.1) is 10.8 Å². The highest BCUT2D eigenvalue weighted by Crippen LogP contribution is 2.46. The molecule has 0 heterocycles. The Kier molecular flexibility index (Phi) is 4.12. The van der Waals surface area contributed by atoms with Gasteiger partial charge in [0.05, 0.1) is 6.10 Å². The molecular formula is C16H24ClNO. The molecule has 0 unspecified atom stereocenters. The van der Waals surface area contributed by atoms with Gasteiger partial charge in [-0.1, -0.05) is 38.4 Å². The Labute approximate surface area is 121 Å². The van der Waals surface area contributed by atoms with E-state index in [1.807, 2.05) is 24.3 Å². The number of rotatable bonds is 3. The lowest BCUT2D eigenvalue weighted by Crippen LogP contribution is -2.42. The van der Waals surface area contributed by atoms with E-state index >= 15 is 0 Å². The highest BCUT2D eigenvalue weighted by atomic mass is 35.5. The Bertz CT molecular complexity index is 446. The summed E-state index contributed by atoms with van der Waals surface area (Å²) in [6.07, 6.45) is 2.71. The molecule has 3 heteroatoms. The van der Waals surface area contributed by atoms with E-state index in [0.29, 0.717) is 0 Å². The Morgan fingerprint density at radius 3 is 2.68 bits per heavy atom. The minimum absolute atomic E-state index is 0.128. The molecule has 1 fully saturated rings. The molecule has 0 radical (unpaired) electrons. The zero-order valence-corrected chi connectivity index (χ0v) is 12.8. The number of halogens is 1. The summed E-state index contributed by atoms with van der Waals surface area (Å²) in [5.41, 5.74) is 1.39. The predicted molar refractivity (Wildman–Crippen MR) is 81.7 cm³/mol. The van der Waals surface area contributed by atoms with Gasteiger partial charge in [0.2, 0.25) is 0 Å². The summed E-state index contributed by atoms with van der Waals surface area (Å²) in [6.45, 7) is 7.61. The van der Waals surface area contributed by atoms with Gasteiger partial charge >= 0.3 is 0 Å². The van der Waals surface area contributed by atoms with E-state index in [2.05, 4.69) is 26.1 Å². The average molecular weight is 282 g/mol. The number of nitrogens with one attached hydrogen (secondary N) is 1. The van der Waals surface area contributed by atoms with E-state index in [1.54, 1.807) is 0 Å². The van der Waals surface area contributed by atoms with E-state index in [4.69, 9.17) is 11.6 Å². The fraction of sp³-hybridized carbons (Fsp3) is 0.625. The summed E-state index contributed by atoms with van der Waals surface area (Å²) in [4.78, 5) is 0. The minimum atomic E-state index is -0.185. The molecule has 1 saturated carbocycles. The first-order valence-electron chi connectivity index (χ1n) is 6.96. The largest absolute Gasteiger partial charge is 0.393 e. The molecule has 0 aromatic heterocycles. The number of aliphatic hydroxyl groups is 1. The fourth-order valence-corrected chi connectivity index (χ4v) is 3.82. The lowest BCUT2D eigenvalue weighted by Gasteiger charge is -2.45. The highest BCUT2D eigenvalue weighted by molar-refractivity contribution is 6.30. The number of anilines is 1. The average Bonchev–Trinajstić information content (AvgIpc) is 2.23. The molecule has 2 atom stereocenters. The maximum absolute atomic E-state index is 10.1. The Morgan fingerprint density at radius 1 is 1.32 bits per heavy atom. The normalized spacial score (nSPS) is 30.1. The van der Waals surface area contributed by atoms with Crippen LogP contribution in [0.3, 0.4) is 0 Å². The van der Waals surface area contributed by atoms with Crippen LogP contribution in [-0.4, -0.2) is 17.8 Å². The van der Waals surface area contributed by atoms with Gasteiger partial charge in [0.25, 0.3) is 0 Å². The van der Waals surface area contributed by atoms with Gasteiger partial charge in [-0.05, 0) is 48.3 Å². The molecule has 1 aromatic carbocycles.